The van der Waals surface area contributed by atoms with E-state index in [-0.39, 0.29) is 18.2 Å². The van der Waals surface area contributed by atoms with Crippen LogP contribution < -0.4 is 15.2 Å². The molecule has 0 saturated carbocycles. The van der Waals surface area contributed by atoms with Crippen molar-refractivity contribution in [3.63, 3.8) is 0 Å². The zero-order valence-corrected chi connectivity index (χ0v) is 12.5. The van der Waals surface area contributed by atoms with Crippen LogP contribution in [0.5, 0.6) is 11.5 Å². The van der Waals surface area contributed by atoms with Crippen LogP contribution in [0.2, 0.25) is 0 Å². The third kappa shape index (κ3) is 4.52. The van der Waals surface area contributed by atoms with Crippen molar-refractivity contribution in [3.8, 4) is 11.5 Å². The van der Waals surface area contributed by atoms with E-state index >= 15 is 0 Å². The van der Waals surface area contributed by atoms with Gasteiger partial charge in [-0.15, -0.1) is 36.9 Å². The van der Waals surface area contributed by atoms with Crippen LogP contribution in [0.1, 0.15) is 16.5 Å². The number of halogens is 4. The highest BCUT2D eigenvalue weighted by Crippen LogP contribution is 2.34. The zero-order valence-electron chi connectivity index (χ0n) is 10.9. The van der Waals surface area contributed by atoms with Gasteiger partial charge in [-0.1, -0.05) is 6.07 Å². The smallest absolute Gasteiger partial charge is 0.496 e. The minimum Gasteiger partial charge on any atom is -0.496 e. The van der Waals surface area contributed by atoms with Gasteiger partial charge < -0.3 is 15.2 Å². The molecule has 0 saturated heterocycles. The van der Waals surface area contributed by atoms with Gasteiger partial charge >= 0.3 is 6.36 Å². The van der Waals surface area contributed by atoms with Gasteiger partial charge in [0.1, 0.15) is 11.5 Å². The number of nitrogens with two attached hydrogens (primary N) is 1. The summed E-state index contributed by atoms with van der Waals surface area (Å²) in [5, 5.41) is 1.84. The summed E-state index contributed by atoms with van der Waals surface area (Å²) in [6.07, 6.45) is -4.74. The van der Waals surface area contributed by atoms with Gasteiger partial charge in [0.05, 0.1) is 13.2 Å². The zero-order chi connectivity index (χ0) is 14.8. The fourth-order valence-electron chi connectivity index (χ4n) is 1.77. The molecule has 0 unspecified atom stereocenters. The lowest BCUT2D eigenvalue weighted by Gasteiger charge is -2.17. The van der Waals surface area contributed by atoms with E-state index in [0.717, 1.165) is 4.88 Å². The van der Waals surface area contributed by atoms with E-state index < -0.39 is 12.4 Å². The van der Waals surface area contributed by atoms with Crippen LogP contribution in [0.15, 0.2) is 35.7 Å². The molecule has 2 aromatic rings. The third-order valence-corrected chi connectivity index (χ3v) is 3.57. The summed E-state index contributed by atoms with van der Waals surface area (Å²) < 4.78 is 45.8. The van der Waals surface area contributed by atoms with Crippen LogP contribution in [-0.2, 0) is 0 Å². The maximum atomic E-state index is 12.2. The summed E-state index contributed by atoms with van der Waals surface area (Å²) in [5.41, 5.74) is 6.50. The Hall–Kier alpha value is -1.44. The number of rotatable bonds is 4. The number of benzene rings is 1. The molecule has 21 heavy (non-hydrogen) atoms. The average Bonchev–Trinajstić information content (AvgIpc) is 2.89. The molecular formula is C13H13ClF3NO2S. The first-order valence-electron chi connectivity index (χ1n) is 5.63. The fourth-order valence-corrected chi connectivity index (χ4v) is 2.52. The van der Waals surface area contributed by atoms with Gasteiger partial charge in [0, 0.05) is 10.4 Å². The Balaban J connectivity index is 0.00000220. The summed E-state index contributed by atoms with van der Waals surface area (Å²) in [6, 6.07) is 6.91. The predicted molar refractivity (Wildman–Crippen MR) is 77.3 cm³/mol. The second-order valence-electron chi connectivity index (χ2n) is 3.94. The highest BCUT2D eigenvalue weighted by atomic mass is 35.5. The van der Waals surface area contributed by atoms with E-state index in [9.17, 15) is 13.2 Å². The highest BCUT2D eigenvalue weighted by Gasteiger charge is 2.31. The van der Waals surface area contributed by atoms with Crippen molar-refractivity contribution >= 4 is 23.7 Å². The lowest BCUT2D eigenvalue weighted by Crippen LogP contribution is -2.18. The molecule has 1 aromatic carbocycles. The Bertz CT molecular complexity index is 575. The minimum atomic E-state index is -4.74. The predicted octanol–water partition coefficient (Wildman–Crippen LogP) is 4.13. The summed E-state index contributed by atoms with van der Waals surface area (Å²) >= 11 is 1.42. The van der Waals surface area contributed by atoms with Crippen LogP contribution in [0.3, 0.4) is 0 Å². The monoisotopic (exact) mass is 339 g/mol. The molecule has 0 aliphatic rings. The third-order valence-electron chi connectivity index (χ3n) is 2.62. The number of thiophene rings is 1. The number of alkyl halides is 3. The summed E-state index contributed by atoms with van der Waals surface area (Å²) in [4.78, 5) is 0.826. The van der Waals surface area contributed by atoms with Gasteiger partial charge in [-0.3, -0.25) is 0 Å². The van der Waals surface area contributed by atoms with E-state index in [1.807, 2.05) is 17.5 Å². The molecular weight excluding hydrogens is 327 g/mol. The number of hydrogen-bond acceptors (Lipinski definition) is 4. The molecule has 2 rings (SSSR count). The molecule has 2 N–H and O–H groups in total. The van der Waals surface area contributed by atoms with E-state index in [1.165, 1.54) is 36.6 Å². The van der Waals surface area contributed by atoms with Gasteiger partial charge in [0.15, 0.2) is 0 Å². The normalized spacial score (nSPS) is 12.4. The standard InChI is InChI=1S/C13H12F3NO2S.ClH/c1-18-10-5-4-8(19-13(14,15)16)7-9(10)12(17)11-3-2-6-20-11;/h2-7,12H,17H2,1H3;1H/t12-;/m0./s1. The Morgan fingerprint density at radius 1 is 1.24 bits per heavy atom. The van der Waals surface area contributed by atoms with Crippen molar-refractivity contribution in [2.24, 2.45) is 5.73 Å². The van der Waals surface area contributed by atoms with Crippen molar-refractivity contribution in [1.29, 1.82) is 0 Å². The van der Waals surface area contributed by atoms with Gasteiger partial charge in [-0.2, -0.15) is 0 Å². The number of hydrogen-bond donors (Lipinski definition) is 1. The lowest BCUT2D eigenvalue weighted by atomic mass is 10.0. The van der Waals surface area contributed by atoms with Crippen molar-refractivity contribution in [1.82, 2.24) is 0 Å². The molecule has 0 spiro atoms. The summed E-state index contributed by atoms with van der Waals surface area (Å²) in [6.45, 7) is 0. The molecule has 0 radical (unpaired) electrons. The highest BCUT2D eigenvalue weighted by molar-refractivity contribution is 7.10. The maximum Gasteiger partial charge on any atom is 0.573 e. The molecule has 8 heteroatoms. The molecule has 0 fully saturated rings. The molecule has 0 amide bonds. The van der Waals surface area contributed by atoms with Crippen LogP contribution in [0.25, 0.3) is 0 Å². The molecule has 0 aliphatic heterocycles. The SMILES string of the molecule is COc1ccc(OC(F)(F)F)cc1[C@H](N)c1cccs1.Cl. The van der Waals surface area contributed by atoms with Gasteiger partial charge in [-0.05, 0) is 29.6 Å². The van der Waals surface area contributed by atoms with Gasteiger partial charge in [0.25, 0.3) is 0 Å². The first-order valence-corrected chi connectivity index (χ1v) is 6.51. The molecule has 0 bridgehead atoms. The molecule has 3 nitrogen and oxygen atoms in total. The van der Waals surface area contributed by atoms with Gasteiger partial charge in [0.2, 0.25) is 0 Å². The van der Waals surface area contributed by atoms with E-state index in [1.54, 1.807) is 0 Å². The molecule has 1 atom stereocenters. The first kappa shape index (κ1) is 17.6. The Labute approximate surface area is 129 Å². The van der Waals surface area contributed by atoms with Crippen molar-refractivity contribution < 1.29 is 22.6 Å². The van der Waals surface area contributed by atoms with Crippen molar-refractivity contribution in [2.45, 2.75) is 12.4 Å². The molecule has 1 aromatic heterocycles. The Morgan fingerprint density at radius 2 is 1.95 bits per heavy atom. The molecule has 0 aliphatic carbocycles. The summed E-state index contributed by atoms with van der Waals surface area (Å²) in [7, 11) is 1.43. The van der Waals surface area contributed by atoms with Crippen LogP contribution in [0.4, 0.5) is 13.2 Å². The number of ether oxygens (including phenoxy) is 2. The van der Waals surface area contributed by atoms with Crippen molar-refractivity contribution in [3.05, 3.63) is 46.2 Å². The second-order valence-corrected chi connectivity index (χ2v) is 4.92. The molecule has 116 valence electrons. The Morgan fingerprint density at radius 3 is 2.48 bits per heavy atom. The van der Waals surface area contributed by atoms with E-state index in [4.69, 9.17) is 10.5 Å². The average molecular weight is 340 g/mol. The largest absolute Gasteiger partial charge is 0.573 e. The van der Waals surface area contributed by atoms with Crippen molar-refractivity contribution in [2.75, 3.05) is 7.11 Å². The van der Waals surface area contributed by atoms with Crippen LogP contribution >= 0.6 is 23.7 Å². The minimum absolute atomic E-state index is 0. The fraction of sp³-hybridized carbons (Fsp3) is 0.231. The van der Waals surface area contributed by atoms with Gasteiger partial charge in [-0.25, -0.2) is 0 Å². The van der Waals surface area contributed by atoms with E-state index in [2.05, 4.69) is 4.74 Å². The summed E-state index contributed by atoms with van der Waals surface area (Å²) in [5.74, 6) is 0.0979. The first-order chi connectivity index (χ1) is 9.40. The lowest BCUT2D eigenvalue weighted by molar-refractivity contribution is -0.274. The number of methoxy groups -OCH3 is 1. The maximum absolute atomic E-state index is 12.2. The van der Waals surface area contributed by atoms with Crippen LogP contribution in [0, 0.1) is 0 Å². The molecule has 1 heterocycles. The van der Waals surface area contributed by atoms with Crippen LogP contribution in [-0.4, -0.2) is 13.5 Å². The topological polar surface area (TPSA) is 44.5 Å². The quantitative estimate of drug-likeness (QED) is 0.911. The van der Waals surface area contributed by atoms with E-state index in [0.29, 0.717) is 11.3 Å². The Kier molecular flexibility index (Phi) is 5.88. The second kappa shape index (κ2) is 7.02.